The fourth-order valence-corrected chi connectivity index (χ4v) is 3.65. The molecule has 96 valence electrons. The first-order valence-electron chi connectivity index (χ1n) is 4.54. The third-order valence-electron chi connectivity index (χ3n) is 2.19. The minimum absolute atomic E-state index is 0.0143. The molecule has 10 heteroatoms. The fraction of sp³-hybridized carbons (Fsp3) is 0.250. The molecule has 2 rings (SSSR count). The minimum Gasteiger partial charge on any atom is -0.485 e. The molecule has 1 aliphatic rings. The highest BCUT2D eigenvalue weighted by molar-refractivity contribution is 9.13. The Labute approximate surface area is 121 Å². The van der Waals surface area contributed by atoms with Gasteiger partial charge in [0.1, 0.15) is 13.8 Å². The van der Waals surface area contributed by atoms with Crippen LogP contribution < -0.4 is 4.74 Å². The standard InChI is InChI=1S/C8H4Br2N2O5S/c9-3-4(10)6(12(15)16)8-7(5(3)11(13)14)17-1-2-18-8/h1-2H2. The van der Waals surface area contributed by atoms with E-state index in [0.717, 1.165) is 0 Å². The molecule has 0 bridgehead atoms. The van der Waals surface area contributed by atoms with Crippen molar-refractivity contribution in [2.75, 3.05) is 12.4 Å². The Balaban J connectivity index is 2.85. The number of ether oxygens (including phenoxy) is 1. The van der Waals surface area contributed by atoms with E-state index in [0.29, 0.717) is 5.75 Å². The number of fused-ring (bicyclic) bond motifs is 1. The van der Waals surface area contributed by atoms with Crippen LogP contribution in [0.25, 0.3) is 0 Å². The summed E-state index contributed by atoms with van der Waals surface area (Å²) < 4.78 is 5.29. The van der Waals surface area contributed by atoms with Gasteiger partial charge in [-0.05, 0) is 31.9 Å². The summed E-state index contributed by atoms with van der Waals surface area (Å²) in [5.41, 5.74) is -0.512. The van der Waals surface area contributed by atoms with E-state index in [1.165, 1.54) is 11.8 Å². The van der Waals surface area contributed by atoms with Crippen molar-refractivity contribution in [3.05, 3.63) is 29.2 Å². The Kier molecular flexibility index (Phi) is 3.78. The molecule has 1 aromatic rings. The van der Waals surface area contributed by atoms with Crippen molar-refractivity contribution in [1.82, 2.24) is 0 Å². The first-order valence-corrected chi connectivity index (χ1v) is 7.11. The number of hydrogen-bond acceptors (Lipinski definition) is 6. The Morgan fingerprint density at radius 2 is 1.67 bits per heavy atom. The fourth-order valence-electron chi connectivity index (χ4n) is 1.50. The highest BCUT2D eigenvalue weighted by Crippen LogP contribution is 2.53. The van der Waals surface area contributed by atoms with Crippen LogP contribution >= 0.6 is 43.6 Å². The molecule has 0 radical (unpaired) electrons. The van der Waals surface area contributed by atoms with Crippen molar-refractivity contribution in [3.8, 4) is 5.75 Å². The van der Waals surface area contributed by atoms with Crippen LogP contribution in [0.2, 0.25) is 0 Å². The molecule has 0 saturated heterocycles. The number of nitro groups is 2. The molecule has 0 aliphatic carbocycles. The smallest absolute Gasteiger partial charge is 0.327 e. The molecule has 0 fully saturated rings. The second-order valence-corrected chi connectivity index (χ2v) is 5.89. The van der Waals surface area contributed by atoms with Gasteiger partial charge in [0.25, 0.3) is 0 Å². The van der Waals surface area contributed by atoms with E-state index in [1.54, 1.807) is 0 Å². The number of nitrogens with zero attached hydrogens (tertiary/aromatic N) is 2. The highest BCUT2D eigenvalue weighted by atomic mass is 79.9. The van der Waals surface area contributed by atoms with E-state index in [2.05, 4.69) is 31.9 Å². The summed E-state index contributed by atoms with van der Waals surface area (Å²) in [6.07, 6.45) is 0. The highest BCUT2D eigenvalue weighted by Gasteiger charge is 2.37. The van der Waals surface area contributed by atoms with E-state index < -0.39 is 9.85 Å². The number of hydrogen-bond donors (Lipinski definition) is 0. The maximum Gasteiger partial charge on any atom is 0.327 e. The van der Waals surface area contributed by atoms with Gasteiger partial charge in [-0.2, -0.15) is 0 Å². The molecule has 0 spiro atoms. The molecule has 0 aromatic heterocycles. The van der Waals surface area contributed by atoms with Crippen molar-refractivity contribution in [3.63, 3.8) is 0 Å². The molecular formula is C8H4Br2N2O5S. The molecule has 0 saturated carbocycles. The van der Waals surface area contributed by atoms with Crippen LogP contribution in [-0.2, 0) is 0 Å². The molecule has 0 N–H and O–H groups in total. The van der Waals surface area contributed by atoms with Gasteiger partial charge in [-0.15, -0.1) is 11.8 Å². The molecule has 0 amide bonds. The normalized spacial score (nSPS) is 13.7. The van der Waals surface area contributed by atoms with Gasteiger partial charge in [0.05, 0.1) is 16.5 Å². The quantitative estimate of drug-likeness (QED) is 0.557. The van der Waals surface area contributed by atoms with Crippen LogP contribution in [0.4, 0.5) is 11.4 Å². The van der Waals surface area contributed by atoms with Crippen molar-refractivity contribution in [1.29, 1.82) is 0 Å². The van der Waals surface area contributed by atoms with Crippen molar-refractivity contribution >= 4 is 55.0 Å². The van der Waals surface area contributed by atoms with Crippen molar-refractivity contribution in [2.45, 2.75) is 4.90 Å². The minimum atomic E-state index is -0.622. The van der Waals surface area contributed by atoms with Gasteiger partial charge in [0.15, 0.2) is 0 Å². The lowest BCUT2D eigenvalue weighted by Crippen LogP contribution is -2.11. The average Bonchev–Trinajstić information content (AvgIpc) is 2.29. The van der Waals surface area contributed by atoms with Gasteiger partial charge in [-0.3, -0.25) is 20.2 Å². The number of rotatable bonds is 2. The zero-order valence-electron chi connectivity index (χ0n) is 8.51. The second kappa shape index (κ2) is 5.02. The van der Waals surface area contributed by atoms with E-state index in [-0.39, 0.29) is 37.6 Å². The number of nitro benzene ring substituents is 2. The summed E-state index contributed by atoms with van der Waals surface area (Å²) in [6, 6.07) is 0. The summed E-state index contributed by atoms with van der Waals surface area (Å²) in [7, 11) is 0. The number of benzene rings is 1. The SMILES string of the molecule is O=[N+]([O-])c1c(Br)c(Br)c([N+](=O)[O-])c2c1OCCS2. The summed E-state index contributed by atoms with van der Waals surface area (Å²) >= 11 is 7.19. The Bertz CT molecular complexity index is 516. The van der Waals surface area contributed by atoms with E-state index in [1.807, 2.05) is 0 Å². The molecule has 18 heavy (non-hydrogen) atoms. The first-order chi connectivity index (χ1) is 8.45. The van der Waals surface area contributed by atoms with Gasteiger partial charge in [0, 0.05) is 5.75 Å². The van der Waals surface area contributed by atoms with Crippen LogP contribution in [0.1, 0.15) is 0 Å². The van der Waals surface area contributed by atoms with Crippen molar-refractivity contribution in [2.24, 2.45) is 0 Å². The zero-order valence-corrected chi connectivity index (χ0v) is 12.5. The van der Waals surface area contributed by atoms with E-state index in [4.69, 9.17) is 4.74 Å². The molecule has 1 heterocycles. The molecule has 1 aromatic carbocycles. The Hall–Kier alpha value is -0.870. The summed E-state index contributed by atoms with van der Waals surface area (Å²) in [6.45, 7) is 0.281. The van der Waals surface area contributed by atoms with Crippen molar-refractivity contribution < 1.29 is 14.6 Å². The molecular weight excluding hydrogens is 396 g/mol. The van der Waals surface area contributed by atoms with Crippen LogP contribution in [0.15, 0.2) is 13.8 Å². The zero-order chi connectivity index (χ0) is 13.4. The molecule has 1 aliphatic heterocycles. The second-order valence-electron chi connectivity index (χ2n) is 3.19. The average molecular weight is 400 g/mol. The third-order valence-corrected chi connectivity index (χ3v) is 5.30. The first kappa shape index (κ1) is 13.6. The van der Waals surface area contributed by atoms with Crippen LogP contribution in [-0.4, -0.2) is 22.2 Å². The predicted molar refractivity (Wildman–Crippen MR) is 71.4 cm³/mol. The maximum absolute atomic E-state index is 11.0. The lowest BCUT2D eigenvalue weighted by atomic mass is 10.2. The van der Waals surface area contributed by atoms with Crippen LogP contribution in [0.3, 0.4) is 0 Å². The van der Waals surface area contributed by atoms with Gasteiger partial charge in [-0.25, -0.2) is 0 Å². The summed E-state index contributed by atoms with van der Waals surface area (Å²) in [4.78, 5) is 21.0. The molecule has 0 atom stereocenters. The van der Waals surface area contributed by atoms with E-state index >= 15 is 0 Å². The van der Waals surface area contributed by atoms with Gasteiger partial charge < -0.3 is 4.74 Å². The van der Waals surface area contributed by atoms with Gasteiger partial charge in [0.2, 0.25) is 5.75 Å². The maximum atomic E-state index is 11.0. The van der Waals surface area contributed by atoms with Crippen LogP contribution in [0, 0.1) is 20.2 Å². The topological polar surface area (TPSA) is 95.5 Å². The van der Waals surface area contributed by atoms with Gasteiger partial charge >= 0.3 is 11.4 Å². The van der Waals surface area contributed by atoms with Gasteiger partial charge in [-0.1, -0.05) is 0 Å². The third kappa shape index (κ3) is 2.08. The number of halogens is 2. The molecule has 0 unspecified atom stereocenters. The monoisotopic (exact) mass is 398 g/mol. The Morgan fingerprint density at radius 3 is 2.22 bits per heavy atom. The van der Waals surface area contributed by atoms with Crippen LogP contribution in [0.5, 0.6) is 5.75 Å². The largest absolute Gasteiger partial charge is 0.485 e. The summed E-state index contributed by atoms with van der Waals surface area (Å²) in [5, 5.41) is 22.1. The lowest BCUT2D eigenvalue weighted by molar-refractivity contribution is -0.393. The predicted octanol–water partition coefficient (Wildman–Crippen LogP) is 3.51. The lowest BCUT2D eigenvalue weighted by Gasteiger charge is -2.17. The summed E-state index contributed by atoms with van der Waals surface area (Å²) in [5.74, 6) is 0.469. The Morgan fingerprint density at radius 1 is 1.11 bits per heavy atom. The number of thioether (sulfide) groups is 1. The molecule has 7 nitrogen and oxygen atoms in total. The van der Waals surface area contributed by atoms with E-state index in [9.17, 15) is 20.2 Å².